The molecule has 1 amide bonds. The molecular weight excluding hydrogens is 497 g/mol. The molecule has 1 aliphatic rings. The highest BCUT2D eigenvalue weighted by atomic mass is 127. The summed E-state index contributed by atoms with van der Waals surface area (Å²) in [6.07, 6.45) is 4.49. The molecule has 30 heavy (non-hydrogen) atoms. The Morgan fingerprint density at radius 2 is 2.00 bits per heavy atom. The third-order valence-corrected chi connectivity index (χ3v) is 4.70. The van der Waals surface area contributed by atoms with Gasteiger partial charge in [-0.1, -0.05) is 6.92 Å². The fraction of sp³-hybridized carbons (Fsp3) is 0.714. The molecule has 1 aliphatic heterocycles. The summed E-state index contributed by atoms with van der Waals surface area (Å²) in [4.78, 5) is 19.0. The maximum absolute atomic E-state index is 11.8. The molecule has 1 atom stereocenters. The van der Waals surface area contributed by atoms with Gasteiger partial charge in [0.1, 0.15) is 11.4 Å². The van der Waals surface area contributed by atoms with Gasteiger partial charge in [-0.15, -0.1) is 24.0 Å². The monoisotopic (exact) mass is 535 g/mol. The highest BCUT2D eigenvalue weighted by Crippen LogP contribution is 2.16. The molecule has 172 valence electrons. The van der Waals surface area contributed by atoms with Gasteiger partial charge in [-0.2, -0.15) is 0 Å². The normalized spacial score (nSPS) is 17.3. The summed E-state index contributed by atoms with van der Waals surface area (Å²) in [6.45, 7) is 12.5. The Morgan fingerprint density at radius 3 is 2.67 bits per heavy atom. The van der Waals surface area contributed by atoms with Crippen LogP contribution in [0.15, 0.2) is 27.8 Å². The number of nitrogens with one attached hydrogen (secondary N) is 3. The van der Waals surface area contributed by atoms with E-state index >= 15 is 0 Å². The quantitative estimate of drug-likeness (QED) is 0.195. The summed E-state index contributed by atoms with van der Waals surface area (Å²) in [5, 5.41) is 9.41. The summed E-state index contributed by atoms with van der Waals surface area (Å²) in [5.74, 6) is 1.70. The van der Waals surface area contributed by atoms with E-state index in [-0.39, 0.29) is 24.0 Å². The van der Waals surface area contributed by atoms with Crippen LogP contribution in [0.3, 0.4) is 0 Å². The Bertz CT molecular complexity index is 631. The molecule has 0 aliphatic carbocycles. The number of amides is 1. The third kappa shape index (κ3) is 10.5. The number of carbonyl (C=O) groups is 1. The van der Waals surface area contributed by atoms with Crippen molar-refractivity contribution in [2.75, 3.05) is 39.3 Å². The van der Waals surface area contributed by atoms with Crippen molar-refractivity contribution in [2.24, 2.45) is 4.99 Å². The van der Waals surface area contributed by atoms with Crippen LogP contribution in [-0.2, 0) is 11.2 Å². The van der Waals surface area contributed by atoms with Crippen molar-refractivity contribution in [1.29, 1.82) is 0 Å². The molecule has 2 rings (SSSR count). The number of likely N-dealkylation sites (N-methyl/N-ethyl adjacent to an activating group) is 1. The lowest BCUT2D eigenvalue weighted by molar-refractivity contribution is 0.0529. The summed E-state index contributed by atoms with van der Waals surface area (Å²) in [5.41, 5.74) is -0.496. The number of carbonyl (C=O) groups excluding carboxylic acids is 1. The number of halogens is 1. The minimum absolute atomic E-state index is 0. The number of aliphatic imine (C=N–C) groups is 1. The molecule has 2 heterocycles. The van der Waals surface area contributed by atoms with Crippen molar-refractivity contribution in [3.05, 3.63) is 24.2 Å². The lowest BCUT2D eigenvalue weighted by atomic mass is 10.2. The molecule has 1 unspecified atom stereocenters. The van der Waals surface area contributed by atoms with Crippen molar-refractivity contribution < 1.29 is 13.9 Å². The van der Waals surface area contributed by atoms with Crippen LogP contribution in [0, 0.1) is 0 Å². The molecule has 1 saturated heterocycles. The van der Waals surface area contributed by atoms with Crippen LogP contribution in [0.4, 0.5) is 4.79 Å². The SMILES string of the molecule is CCN1CCCC1CN=C(NCCNC(=O)OC(C)(C)C)NCCc1ccco1.I. The first kappa shape index (κ1) is 26.5. The summed E-state index contributed by atoms with van der Waals surface area (Å²) in [7, 11) is 0. The van der Waals surface area contributed by atoms with E-state index < -0.39 is 11.7 Å². The van der Waals surface area contributed by atoms with Gasteiger partial charge in [-0.3, -0.25) is 9.89 Å². The van der Waals surface area contributed by atoms with Crippen molar-refractivity contribution in [3.8, 4) is 0 Å². The Hall–Kier alpha value is -1.49. The van der Waals surface area contributed by atoms with E-state index in [4.69, 9.17) is 14.1 Å². The van der Waals surface area contributed by atoms with Crippen LogP contribution in [0.1, 0.15) is 46.3 Å². The Morgan fingerprint density at radius 1 is 1.27 bits per heavy atom. The van der Waals surface area contributed by atoms with E-state index in [1.807, 2.05) is 32.9 Å². The zero-order valence-corrected chi connectivity index (χ0v) is 21.0. The molecule has 1 aromatic rings. The predicted molar refractivity (Wildman–Crippen MR) is 131 cm³/mol. The minimum Gasteiger partial charge on any atom is -0.469 e. The second kappa shape index (κ2) is 13.7. The van der Waals surface area contributed by atoms with Crippen LogP contribution in [-0.4, -0.2) is 67.9 Å². The van der Waals surface area contributed by atoms with Gasteiger partial charge >= 0.3 is 6.09 Å². The van der Waals surface area contributed by atoms with Crippen molar-refractivity contribution in [1.82, 2.24) is 20.9 Å². The van der Waals surface area contributed by atoms with Crippen LogP contribution in [0.25, 0.3) is 0 Å². The number of likely N-dealkylation sites (tertiary alicyclic amines) is 1. The number of ether oxygens (including phenoxy) is 1. The zero-order chi connectivity index (χ0) is 21.1. The number of guanidine groups is 1. The molecule has 3 N–H and O–H groups in total. The van der Waals surface area contributed by atoms with Gasteiger partial charge < -0.3 is 25.1 Å². The number of nitrogens with zero attached hydrogens (tertiary/aromatic N) is 2. The molecule has 0 bridgehead atoms. The van der Waals surface area contributed by atoms with E-state index in [0.717, 1.165) is 44.3 Å². The maximum Gasteiger partial charge on any atom is 0.407 e. The van der Waals surface area contributed by atoms with Gasteiger partial charge in [0, 0.05) is 32.1 Å². The number of rotatable bonds is 9. The predicted octanol–water partition coefficient (Wildman–Crippen LogP) is 2.98. The summed E-state index contributed by atoms with van der Waals surface area (Å²) in [6, 6.07) is 4.36. The maximum atomic E-state index is 11.8. The van der Waals surface area contributed by atoms with E-state index in [2.05, 4.69) is 27.8 Å². The molecular formula is C21H38IN5O3. The fourth-order valence-corrected chi connectivity index (χ4v) is 3.31. The molecule has 0 radical (unpaired) electrons. The van der Waals surface area contributed by atoms with Gasteiger partial charge in [-0.05, 0) is 58.8 Å². The number of hydrogen-bond donors (Lipinski definition) is 3. The lowest BCUT2D eigenvalue weighted by Crippen LogP contribution is -2.43. The lowest BCUT2D eigenvalue weighted by Gasteiger charge is -2.22. The van der Waals surface area contributed by atoms with Crippen molar-refractivity contribution in [3.63, 3.8) is 0 Å². The summed E-state index contributed by atoms with van der Waals surface area (Å²) < 4.78 is 10.6. The molecule has 0 saturated carbocycles. The van der Waals surface area contributed by atoms with E-state index in [0.29, 0.717) is 19.1 Å². The standard InChI is InChI=1S/C21H37N5O3.HI/c1-5-26-14-6-8-17(26)16-25-19(22-11-10-18-9-7-15-28-18)23-12-13-24-20(27)29-21(2,3)4;/h7,9,15,17H,5-6,8,10-14,16H2,1-4H3,(H,24,27)(H2,22,23,25);1H. The molecule has 0 aromatic carbocycles. The molecule has 9 heteroatoms. The minimum atomic E-state index is -0.496. The number of alkyl carbamates (subject to hydrolysis) is 1. The highest BCUT2D eigenvalue weighted by Gasteiger charge is 2.22. The average molecular weight is 535 g/mol. The Balaban J connectivity index is 0.00000450. The number of furan rings is 1. The van der Waals surface area contributed by atoms with Gasteiger partial charge in [0.25, 0.3) is 0 Å². The van der Waals surface area contributed by atoms with Gasteiger partial charge in [0.2, 0.25) is 0 Å². The smallest absolute Gasteiger partial charge is 0.407 e. The topological polar surface area (TPSA) is 91.1 Å². The van der Waals surface area contributed by atoms with E-state index in [1.54, 1.807) is 6.26 Å². The Kier molecular flexibility index (Phi) is 12.2. The van der Waals surface area contributed by atoms with Crippen molar-refractivity contribution >= 4 is 36.0 Å². The van der Waals surface area contributed by atoms with E-state index in [9.17, 15) is 4.79 Å². The van der Waals surface area contributed by atoms with E-state index in [1.165, 1.54) is 12.8 Å². The van der Waals surface area contributed by atoms with Gasteiger partial charge in [-0.25, -0.2) is 4.79 Å². The van der Waals surface area contributed by atoms with Crippen LogP contribution in [0.2, 0.25) is 0 Å². The second-order valence-corrected chi connectivity index (χ2v) is 8.23. The second-order valence-electron chi connectivity index (χ2n) is 8.23. The van der Waals surface area contributed by atoms with Crippen LogP contribution < -0.4 is 16.0 Å². The summed E-state index contributed by atoms with van der Waals surface area (Å²) >= 11 is 0. The molecule has 1 aromatic heterocycles. The fourth-order valence-electron chi connectivity index (χ4n) is 3.31. The van der Waals surface area contributed by atoms with Gasteiger partial charge in [0.05, 0.1) is 12.8 Å². The number of hydrogen-bond acceptors (Lipinski definition) is 5. The molecule has 8 nitrogen and oxygen atoms in total. The first-order valence-corrected chi connectivity index (χ1v) is 10.6. The zero-order valence-electron chi connectivity index (χ0n) is 18.7. The van der Waals surface area contributed by atoms with Gasteiger partial charge in [0.15, 0.2) is 5.96 Å². The first-order valence-electron chi connectivity index (χ1n) is 10.6. The first-order chi connectivity index (χ1) is 13.9. The van der Waals surface area contributed by atoms with Crippen molar-refractivity contribution in [2.45, 2.75) is 58.6 Å². The average Bonchev–Trinajstić information content (AvgIpc) is 3.32. The molecule has 0 spiro atoms. The van der Waals surface area contributed by atoms with Crippen LogP contribution in [0.5, 0.6) is 0 Å². The third-order valence-electron chi connectivity index (χ3n) is 4.70. The largest absolute Gasteiger partial charge is 0.469 e. The highest BCUT2D eigenvalue weighted by molar-refractivity contribution is 14.0. The molecule has 1 fully saturated rings. The van der Waals surface area contributed by atoms with Crippen LogP contribution >= 0.6 is 24.0 Å². The Labute approximate surface area is 197 Å².